The van der Waals surface area contributed by atoms with Gasteiger partial charge in [-0.15, -0.1) is 0 Å². The predicted molar refractivity (Wildman–Crippen MR) is 86.1 cm³/mol. The first-order valence-corrected chi connectivity index (χ1v) is 7.88. The van der Waals surface area contributed by atoms with Crippen molar-refractivity contribution in [1.82, 2.24) is 10.2 Å². The van der Waals surface area contributed by atoms with Crippen LogP contribution in [0.25, 0.3) is 0 Å². The van der Waals surface area contributed by atoms with Crippen molar-refractivity contribution < 1.29 is 29.0 Å². The second-order valence-corrected chi connectivity index (χ2v) is 6.49. The number of aliphatic hydroxyl groups excluding tert-OH is 1. The van der Waals surface area contributed by atoms with Crippen LogP contribution in [-0.2, 0) is 19.1 Å². The molecule has 0 aromatic carbocycles. The zero-order chi connectivity index (χ0) is 18.3. The largest absolute Gasteiger partial charge is 0.458 e. The molecule has 24 heavy (non-hydrogen) atoms. The zero-order valence-electron chi connectivity index (χ0n) is 14.4. The third-order valence-electron chi connectivity index (χ3n) is 3.32. The standard InChI is InChI=1S/C16H26N2O6/c1-5-9-23-15(22)17-11(10-19)13(20)18-8-6-7-12(18)14(21)24-16(2,3)4/h5,11-12,19H,1,6-10H2,2-4H3,(H,17,22)/t11-,12-/m0/s1. The Morgan fingerprint density at radius 2 is 2.08 bits per heavy atom. The van der Waals surface area contributed by atoms with Crippen LogP contribution in [0.3, 0.4) is 0 Å². The molecule has 8 nitrogen and oxygen atoms in total. The average molecular weight is 342 g/mol. The summed E-state index contributed by atoms with van der Waals surface area (Å²) in [4.78, 5) is 37.7. The van der Waals surface area contributed by atoms with Crippen molar-refractivity contribution in [3.63, 3.8) is 0 Å². The van der Waals surface area contributed by atoms with Crippen LogP contribution in [0.15, 0.2) is 12.7 Å². The maximum atomic E-state index is 12.5. The molecule has 2 amide bonds. The number of alkyl carbamates (subject to hydrolysis) is 1. The van der Waals surface area contributed by atoms with E-state index in [4.69, 9.17) is 9.47 Å². The maximum Gasteiger partial charge on any atom is 0.408 e. The van der Waals surface area contributed by atoms with Gasteiger partial charge in [0.2, 0.25) is 5.91 Å². The third-order valence-corrected chi connectivity index (χ3v) is 3.32. The van der Waals surface area contributed by atoms with Gasteiger partial charge in [-0.25, -0.2) is 9.59 Å². The summed E-state index contributed by atoms with van der Waals surface area (Å²) in [5.74, 6) is -1.03. The molecule has 1 rings (SSSR count). The third kappa shape index (κ3) is 5.84. The Labute approximate surface area is 141 Å². The smallest absolute Gasteiger partial charge is 0.408 e. The quantitative estimate of drug-likeness (QED) is 0.541. The van der Waals surface area contributed by atoms with Gasteiger partial charge in [0.15, 0.2) is 0 Å². The number of aliphatic hydroxyl groups is 1. The second-order valence-electron chi connectivity index (χ2n) is 6.49. The maximum absolute atomic E-state index is 12.5. The summed E-state index contributed by atoms with van der Waals surface area (Å²) in [5, 5.41) is 11.7. The molecule has 0 spiro atoms. The van der Waals surface area contributed by atoms with Gasteiger partial charge in [-0.1, -0.05) is 12.7 Å². The lowest BCUT2D eigenvalue weighted by molar-refractivity contribution is -0.163. The topological polar surface area (TPSA) is 105 Å². The molecule has 1 fully saturated rings. The molecule has 8 heteroatoms. The van der Waals surface area contributed by atoms with E-state index >= 15 is 0 Å². The van der Waals surface area contributed by atoms with Crippen LogP contribution < -0.4 is 5.32 Å². The molecule has 1 saturated heterocycles. The highest BCUT2D eigenvalue weighted by Crippen LogP contribution is 2.22. The van der Waals surface area contributed by atoms with Gasteiger partial charge in [-0.2, -0.15) is 0 Å². The van der Waals surface area contributed by atoms with Gasteiger partial charge in [0.1, 0.15) is 24.3 Å². The number of nitrogens with zero attached hydrogens (tertiary/aromatic N) is 1. The first-order valence-electron chi connectivity index (χ1n) is 7.88. The van der Waals surface area contributed by atoms with E-state index in [1.165, 1.54) is 11.0 Å². The fraction of sp³-hybridized carbons (Fsp3) is 0.688. The summed E-state index contributed by atoms with van der Waals surface area (Å²) in [5.41, 5.74) is -0.655. The molecule has 2 N–H and O–H groups in total. The normalized spacial score (nSPS) is 18.7. The highest BCUT2D eigenvalue weighted by atomic mass is 16.6. The van der Waals surface area contributed by atoms with E-state index in [0.29, 0.717) is 19.4 Å². The van der Waals surface area contributed by atoms with Crippen molar-refractivity contribution in [2.75, 3.05) is 19.8 Å². The molecule has 0 aromatic heterocycles. The van der Waals surface area contributed by atoms with Gasteiger partial charge in [0.25, 0.3) is 0 Å². The molecular formula is C16H26N2O6. The molecular weight excluding hydrogens is 316 g/mol. The molecule has 0 radical (unpaired) electrons. The minimum absolute atomic E-state index is 0.0115. The lowest BCUT2D eigenvalue weighted by Crippen LogP contribution is -2.54. The van der Waals surface area contributed by atoms with Crippen molar-refractivity contribution in [3.05, 3.63) is 12.7 Å². The number of esters is 1. The van der Waals surface area contributed by atoms with E-state index in [1.807, 2.05) is 0 Å². The number of ether oxygens (including phenoxy) is 2. The fourth-order valence-electron chi connectivity index (χ4n) is 2.35. The summed E-state index contributed by atoms with van der Waals surface area (Å²) in [6.45, 7) is 8.41. The molecule has 136 valence electrons. The minimum Gasteiger partial charge on any atom is -0.458 e. The first kappa shape index (κ1) is 20.0. The van der Waals surface area contributed by atoms with Crippen molar-refractivity contribution in [1.29, 1.82) is 0 Å². The molecule has 0 saturated carbocycles. The van der Waals surface area contributed by atoms with Gasteiger partial charge < -0.3 is 24.8 Å². The van der Waals surface area contributed by atoms with Crippen LogP contribution in [0.2, 0.25) is 0 Å². The Balaban J connectivity index is 2.73. The predicted octanol–water partition coefficient (Wildman–Crippen LogP) is 0.592. The molecule has 0 unspecified atom stereocenters. The van der Waals surface area contributed by atoms with Crippen LogP contribution >= 0.6 is 0 Å². The van der Waals surface area contributed by atoms with Crippen molar-refractivity contribution in [3.8, 4) is 0 Å². The second kappa shape index (κ2) is 8.68. The molecule has 1 heterocycles. The van der Waals surface area contributed by atoms with Gasteiger partial charge in [-0.05, 0) is 33.6 Å². The minimum atomic E-state index is -1.18. The van der Waals surface area contributed by atoms with Gasteiger partial charge >= 0.3 is 12.1 Å². The lowest BCUT2D eigenvalue weighted by atomic mass is 10.1. The summed E-state index contributed by atoms with van der Waals surface area (Å²) in [6, 6.07) is -1.89. The van der Waals surface area contributed by atoms with Crippen LogP contribution in [0.4, 0.5) is 4.79 Å². The van der Waals surface area contributed by atoms with Gasteiger partial charge in [0.05, 0.1) is 6.61 Å². The van der Waals surface area contributed by atoms with Crippen molar-refractivity contribution >= 4 is 18.0 Å². The number of hydrogen-bond acceptors (Lipinski definition) is 6. The van der Waals surface area contributed by atoms with E-state index in [9.17, 15) is 19.5 Å². The van der Waals surface area contributed by atoms with E-state index in [-0.39, 0.29) is 6.61 Å². The number of rotatable bonds is 6. The monoisotopic (exact) mass is 342 g/mol. The number of nitrogens with one attached hydrogen (secondary N) is 1. The lowest BCUT2D eigenvalue weighted by Gasteiger charge is -2.29. The SMILES string of the molecule is C=CCOC(=O)N[C@@H](CO)C(=O)N1CCC[C@H]1C(=O)OC(C)(C)C. The molecule has 1 aliphatic rings. The van der Waals surface area contributed by atoms with Crippen LogP contribution in [0, 0.1) is 0 Å². The first-order chi connectivity index (χ1) is 11.2. The zero-order valence-corrected chi connectivity index (χ0v) is 14.4. The Morgan fingerprint density at radius 3 is 2.62 bits per heavy atom. The Kier molecular flexibility index (Phi) is 7.21. The van der Waals surface area contributed by atoms with Crippen molar-refractivity contribution in [2.45, 2.75) is 51.3 Å². The van der Waals surface area contributed by atoms with E-state index < -0.39 is 42.3 Å². The Morgan fingerprint density at radius 1 is 1.42 bits per heavy atom. The highest BCUT2D eigenvalue weighted by Gasteiger charge is 2.39. The summed E-state index contributed by atoms with van der Waals surface area (Å²) in [6.07, 6.45) is 1.68. The number of hydrogen-bond donors (Lipinski definition) is 2. The number of carbonyl (C=O) groups is 3. The van der Waals surface area contributed by atoms with E-state index in [2.05, 4.69) is 11.9 Å². The summed E-state index contributed by atoms with van der Waals surface area (Å²) in [7, 11) is 0. The Hall–Kier alpha value is -2.09. The van der Waals surface area contributed by atoms with Crippen molar-refractivity contribution in [2.24, 2.45) is 0 Å². The fourth-order valence-corrected chi connectivity index (χ4v) is 2.35. The number of amides is 2. The molecule has 0 aromatic rings. The average Bonchev–Trinajstić information content (AvgIpc) is 2.97. The van der Waals surface area contributed by atoms with Gasteiger partial charge in [-0.3, -0.25) is 4.79 Å². The van der Waals surface area contributed by atoms with E-state index in [0.717, 1.165) is 0 Å². The number of likely N-dealkylation sites (tertiary alicyclic amines) is 1. The van der Waals surface area contributed by atoms with Crippen LogP contribution in [0.1, 0.15) is 33.6 Å². The highest BCUT2D eigenvalue weighted by molar-refractivity contribution is 5.90. The summed E-state index contributed by atoms with van der Waals surface area (Å²) < 4.78 is 10.1. The number of carbonyl (C=O) groups excluding carboxylic acids is 3. The molecule has 1 aliphatic heterocycles. The summed E-state index contributed by atoms with van der Waals surface area (Å²) >= 11 is 0. The molecule has 2 atom stereocenters. The molecule has 0 aliphatic carbocycles. The Bertz CT molecular complexity index is 485. The van der Waals surface area contributed by atoms with Gasteiger partial charge in [0, 0.05) is 6.54 Å². The van der Waals surface area contributed by atoms with Crippen LogP contribution in [-0.4, -0.2) is 65.4 Å². The van der Waals surface area contributed by atoms with Crippen LogP contribution in [0.5, 0.6) is 0 Å². The molecule has 0 bridgehead atoms. The van der Waals surface area contributed by atoms with E-state index in [1.54, 1.807) is 20.8 Å².